The number of anilines is 1. The van der Waals surface area contributed by atoms with E-state index in [2.05, 4.69) is 10.3 Å². The third kappa shape index (κ3) is 5.37. The number of amides is 2. The first kappa shape index (κ1) is 22.5. The van der Waals surface area contributed by atoms with Crippen LogP contribution in [0, 0.1) is 0 Å². The van der Waals surface area contributed by atoms with E-state index in [4.69, 9.17) is 11.6 Å². The zero-order valence-corrected chi connectivity index (χ0v) is 19.3. The lowest BCUT2D eigenvalue weighted by atomic mass is 9.94. The predicted octanol–water partition coefficient (Wildman–Crippen LogP) is 5.56. The van der Waals surface area contributed by atoms with Crippen molar-refractivity contribution in [1.82, 2.24) is 10.3 Å². The van der Waals surface area contributed by atoms with Crippen molar-refractivity contribution in [1.29, 1.82) is 0 Å². The molecule has 1 aromatic carbocycles. The van der Waals surface area contributed by atoms with Crippen molar-refractivity contribution in [3.05, 3.63) is 81.8 Å². The summed E-state index contributed by atoms with van der Waals surface area (Å²) >= 11 is 8.06. The normalized spacial score (nSPS) is 15.2. The lowest BCUT2D eigenvalue weighted by Gasteiger charge is -2.34. The molecule has 1 aliphatic rings. The van der Waals surface area contributed by atoms with Crippen LogP contribution < -0.4 is 10.2 Å². The van der Waals surface area contributed by atoms with Gasteiger partial charge in [-0.3, -0.25) is 19.5 Å². The Balaban J connectivity index is 1.74. The standard InChI is InChI=1S/C25H26ClN3O2S/c26-21-10-4-5-11-22(21)29(23(30)17-20-9-6-16-32-20)24(18-12-14-27-15-13-18)25(31)28-19-7-2-1-3-8-19/h4-6,9-16,19,24H,1-3,7-8,17H2,(H,28,31). The Labute approximate surface area is 197 Å². The van der Waals surface area contributed by atoms with Gasteiger partial charge in [-0.05, 0) is 54.1 Å². The van der Waals surface area contributed by atoms with Gasteiger partial charge in [-0.15, -0.1) is 11.3 Å². The molecule has 0 saturated heterocycles. The topological polar surface area (TPSA) is 62.3 Å². The number of rotatable bonds is 7. The molecule has 2 heterocycles. The molecule has 1 saturated carbocycles. The maximum absolute atomic E-state index is 13.7. The van der Waals surface area contributed by atoms with E-state index in [-0.39, 0.29) is 24.3 Å². The Bertz CT molecular complexity index is 1040. The minimum absolute atomic E-state index is 0.126. The summed E-state index contributed by atoms with van der Waals surface area (Å²) in [6.45, 7) is 0. The summed E-state index contributed by atoms with van der Waals surface area (Å²) in [5.41, 5.74) is 1.23. The number of pyridine rings is 1. The largest absolute Gasteiger partial charge is 0.351 e. The molecule has 5 nitrogen and oxygen atoms in total. The van der Waals surface area contributed by atoms with E-state index in [9.17, 15) is 9.59 Å². The molecule has 4 rings (SSSR count). The van der Waals surface area contributed by atoms with E-state index >= 15 is 0 Å². The van der Waals surface area contributed by atoms with E-state index in [0.29, 0.717) is 16.3 Å². The molecule has 3 aromatic rings. The second-order valence-corrected chi connectivity index (χ2v) is 9.44. The maximum atomic E-state index is 13.7. The van der Waals surface area contributed by atoms with Crippen molar-refractivity contribution in [2.75, 3.05) is 4.90 Å². The van der Waals surface area contributed by atoms with Crippen molar-refractivity contribution in [3.63, 3.8) is 0 Å². The number of carbonyl (C=O) groups excluding carboxylic acids is 2. The number of halogens is 1. The predicted molar refractivity (Wildman–Crippen MR) is 129 cm³/mol. The molecule has 0 radical (unpaired) electrons. The van der Waals surface area contributed by atoms with Gasteiger partial charge in [0.1, 0.15) is 6.04 Å². The van der Waals surface area contributed by atoms with Crippen LogP contribution in [-0.4, -0.2) is 22.8 Å². The summed E-state index contributed by atoms with van der Waals surface area (Å²) in [5.74, 6) is -0.372. The van der Waals surface area contributed by atoms with Crippen LogP contribution in [0.2, 0.25) is 5.02 Å². The van der Waals surface area contributed by atoms with Gasteiger partial charge in [0.15, 0.2) is 0 Å². The number of carbonyl (C=O) groups is 2. The molecule has 2 amide bonds. The van der Waals surface area contributed by atoms with Crippen LogP contribution in [0.1, 0.15) is 48.6 Å². The van der Waals surface area contributed by atoms with Crippen molar-refractivity contribution in [2.45, 2.75) is 50.6 Å². The summed E-state index contributed by atoms with van der Waals surface area (Å²) in [4.78, 5) is 33.9. The van der Waals surface area contributed by atoms with E-state index in [1.165, 1.54) is 17.8 Å². The minimum atomic E-state index is -0.840. The Kier molecular flexibility index (Phi) is 7.55. The first-order valence-corrected chi connectivity index (χ1v) is 12.2. The highest BCUT2D eigenvalue weighted by molar-refractivity contribution is 7.10. The summed E-state index contributed by atoms with van der Waals surface area (Å²) in [5, 5.41) is 5.58. The number of para-hydroxylation sites is 1. The molecule has 0 bridgehead atoms. The van der Waals surface area contributed by atoms with Crippen molar-refractivity contribution in [3.8, 4) is 0 Å². The van der Waals surface area contributed by atoms with Gasteiger partial charge in [-0.25, -0.2) is 0 Å². The number of nitrogens with one attached hydrogen (secondary N) is 1. The number of aromatic nitrogens is 1. The fourth-order valence-electron chi connectivity index (χ4n) is 4.20. The summed E-state index contributed by atoms with van der Waals surface area (Å²) < 4.78 is 0. The second kappa shape index (κ2) is 10.7. The number of thiophene rings is 1. The van der Waals surface area contributed by atoms with Gasteiger partial charge in [0.2, 0.25) is 11.8 Å². The molecule has 1 aliphatic carbocycles. The Hall–Kier alpha value is -2.70. The fraction of sp³-hybridized carbons (Fsp3) is 0.320. The number of hydrogen-bond acceptors (Lipinski definition) is 4. The highest BCUT2D eigenvalue weighted by Gasteiger charge is 2.35. The monoisotopic (exact) mass is 467 g/mol. The Morgan fingerprint density at radius 1 is 1.06 bits per heavy atom. The van der Waals surface area contributed by atoms with Crippen molar-refractivity contribution in [2.24, 2.45) is 0 Å². The SMILES string of the molecule is O=C(NC1CCCCC1)C(c1ccncc1)N(C(=O)Cc1cccs1)c1ccccc1Cl. The van der Waals surface area contributed by atoms with Crippen molar-refractivity contribution >= 4 is 40.4 Å². The third-order valence-corrected chi connectivity index (χ3v) is 6.96. The smallest absolute Gasteiger partial charge is 0.248 e. The van der Waals surface area contributed by atoms with Gasteiger partial charge in [0, 0.05) is 23.3 Å². The van der Waals surface area contributed by atoms with Crippen LogP contribution in [-0.2, 0) is 16.0 Å². The zero-order valence-electron chi connectivity index (χ0n) is 17.7. The maximum Gasteiger partial charge on any atom is 0.248 e. The molecule has 32 heavy (non-hydrogen) atoms. The average molecular weight is 468 g/mol. The molecule has 0 spiro atoms. The molecule has 2 aromatic heterocycles. The molecular formula is C25H26ClN3O2S. The van der Waals surface area contributed by atoms with Crippen LogP contribution in [0.4, 0.5) is 5.69 Å². The summed E-state index contributed by atoms with van der Waals surface area (Å²) in [7, 11) is 0. The Morgan fingerprint density at radius 2 is 1.81 bits per heavy atom. The first-order valence-electron chi connectivity index (χ1n) is 10.9. The zero-order chi connectivity index (χ0) is 22.3. The van der Waals surface area contributed by atoms with Crippen LogP contribution >= 0.6 is 22.9 Å². The van der Waals surface area contributed by atoms with Crippen LogP contribution in [0.15, 0.2) is 66.3 Å². The van der Waals surface area contributed by atoms with Gasteiger partial charge >= 0.3 is 0 Å². The molecule has 0 aliphatic heterocycles. The van der Waals surface area contributed by atoms with Crippen LogP contribution in [0.3, 0.4) is 0 Å². The highest BCUT2D eigenvalue weighted by atomic mass is 35.5. The summed E-state index contributed by atoms with van der Waals surface area (Å²) in [6.07, 6.45) is 8.82. The molecule has 1 fully saturated rings. The van der Waals surface area contributed by atoms with Gasteiger partial charge in [0.25, 0.3) is 0 Å². The fourth-order valence-corrected chi connectivity index (χ4v) is 5.13. The number of nitrogens with zero attached hydrogens (tertiary/aromatic N) is 2. The van der Waals surface area contributed by atoms with Crippen molar-refractivity contribution < 1.29 is 9.59 Å². The molecule has 166 valence electrons. The highest BCUT2D eigenvalue weighted by Crippen LogP contribution is 2.34. The molecule has 7 heteroatoms. The van der Waals surface area contributed by atoms with Crippen LogP contribution in [0.5, 0.6) is 0 Å². The Morgan fingerprint density at radius 3 is 2.50 bits per heavy atom. The van der Waals surface area contributed by atoms with Gasteiger partial charge in [0.05, 0.1) is 17.1 Å². The van der Waals surface area contributed by atoms with Crippen LogP contribution in [0.25, 0.3) is 0 Å². The second-order valence-electron chi connectivity index (χ2n) is 8.00. The minimum Gasteiger partial charge on any atom is -0.351 e. The quantitative estimate of drug-likeness (QED) is 0.494. The molecule has 1 unspecified atom stereocenters. The lowest BCUT2D eigenvalue weighted by molar-refractivity contribution is -0.127. The first-order chi connectivity index (χ1) is 15.6. The molecular weight excluding hydrogens is 442 g/mol. The molecule has 1 N–H and O–H groups in total. The lowest BCUT2D eigenvalue weighted by Crippen LogP contribution is -2.47. The van der Waals surface area contributed by atoms with Gasteiger partial charge in [-0.2, -0.15) is 0 Å². The van der Waals surface area contributed by atoms with Gasteiger partial charge < -0.3 is 5.32 Å². The third-order valence-electron chi connectivity index (χ3n) is 5.77. The number of benzene rings is 1. The average Bonchev–Trinajstić information content (AvgIpc) is 3.32. The molecule has 1 atom stereocenters. The van der Waals surface area contributed by atoms with E-state index in [1.807, 2.05) is 29.6 Å². The van der Waals surface area contributed by atoms with E-state index < -0.39 is 6.04 Å². The van der Waals surface area contributed by atoms with Gasteiger partial charge in [-0.1, -0.05) is 49.1 Å². The van der Waals surface area contributed by atoms with E-state index in [1.54, 1.807) is 41.6 Å². The number of hydrogen-bond donors (Lipinski definition) is 1. The van der Waals surface area contributed by atoms with E-state index in [0.717, 1.165) is 30.6 Å². The summed E-state index contributed by atoms with van der Waals surface area (Å²) in [6, 6.07) is 13.9.